The van der Waals surface area contributed by atoms with Crippen molar-refractivity contribution in [3.63, 3.8) is 0 Å². The van der Waals surface area contributed by atoms with Crippen molar-refractivity contribution in [3.05, 3.63) is 29.3 Å². The molecule has 96 valence electrons. The molecule has 0 aliphatic carbocycles. The van der Waals surface area contributed by atoms with E-state index in [1.54, 1.807) is 6.07 Å². The van der Waals surface area contributed by atoms with Crippen molar-refractivity contribution < 1.29 is 4.79 Å². The molecule has 0 radical (unpaired) electrons. The van der Waals surface area contributed by atoms with Crippen LogP contribution in [0.1, 0.15) is 31.4 Å². The van der Waals surface area contributed by atoms with Gasteiger partial charge < -0.3 is 10.6 Å². The molecule has 2 N–H and O–H groups in total. The van der Waals surface area contributed by atoms with E-state index in [1.807, 2.05) is 32.9 Å². The lowest BCUT2D eigenvalue weighted by molar-refractivity contribution is -0.121. The minimum atomic E-state index is 0.0443. The van der Waals surface area contributed by atoms with Crippen LogP contribution in [0.15, 0.2) is 18.2 Å². The number of nitriles is 1. The number of anilines is 1. The molecule has 1 aromatic rings. The Morgan fingerprint density at radius 1 is 1.44 bits per heavy atom. The summed E-state index contributed by atoms with van der Waals surface area (Å²) in [4.78, 5) is 11.4. The molecule has 4 heteroatoms. The molecule has 1 rings (SSSR count). The zero-order valence-corrected chi connectivity index (χ0v) is 11.1. The van der Waals surface area contributed by atoms with Gasteiger partial charge in [-0.3, -0.25) is 4.79 Å². The van der Waals surface area contributed by atoms with Crippen molar-refractivity contribution in [1.29, 1.82) is 5.26 Å². The molecule has 18 heavy (non-hydrogen) atoms. The van der Waals surface area contributed by atoms with Crippen molar-refractivity contribution in [3.8, 4) is 6.07 Å². The van der Waals surface area contributed by atoms with Gasteiger partial charge in [0.15, 0.2) is 0 Å². The van der Waals surface area contributed by atoms with Gasteiger partial charge in [0.2, 0.25) is 5.91 Å². The molecule has 0 saturated heterocycles. The van der Waals surface area contributed by atoms with E-state index in [0.717, 1.165) is 11.3 Å². The third-order valence-corrected chi connectivity index (χ3v) is 2.48. The standard InChI is InChI=1S/C14H19N3O/c1-10(2)17-14(18)6-7-16-13-5-4-12(9-15)11(3)8-13/h4-5,8,10,16H,6-7H2,1-3H3,(H,17,18). The number of carbonyl (C=O) groups excluding carboxylic acids is 1. The van der Waals surface area contributed by atoms with E-state index in [1.165, 1.54) is 0 Å². The van der Waals surface area contributed by atoms with Crippen LogP contribution in [-0.2, 0) is 4.79 Å². The lowest BCUT2D eigenvalue weighted by Crippen LogP contribution is -2.31. The lowest BCUT2D eigenvalue weighted by atomic mass is 10.1. The molecule has 1 aromatic carbocycles. The topological polar surface area (TPSA) is 64.9 Å². The predicted octanol–water partition coefficient (Wildman–Crippen LogP) is 2.19. The zero-order valence-electron chi connectivity index (χ0n) is 11.1. The summed E-state index contributed by atoms with van der Waals surface area (Å²) in [7, 11) is 0. The Bertz CT molecular complexity index is 461. The number of hydrogen-bond acceptors (Lipinski definition) is 3. The number of nitrogens with zero attached hydrogens (tertiary/aromatic N) is 1. The van der Waals surface area contributed by atoms with Crippen molar-refractivity contribution in [2.24, 2.45) is 0 Å². The maximum Gasteiger partial charge on any atom is 0.221 e. The number of aryl methyl sites for hydroxylation is 1. The molecule has 1 amide bonds. The fourth-order valence-electron chi connectivity index (χ4n) is 1.61. The summed E-state index contributed by atoms with van der Waals surface area (Å²) < 4.78 is 0. The first-order valence-electron chi connectivity index (χ1n) is 6.07. The Hall–Kier alpha value is -2.02. The highest BCUT2D eigenvalue weighted by atomic mass is 16.1. The summed E-state index contributed by atoms with van der Waals surface area (Å²) in [5.41, 5.74) is 2.55. The number of nitrogens with one attached hydrogen (secondary N) is 2. The average Bonchev–Trinajstić information content (AvgIpc) is 2.28. The van der Waals surface area contributed by atoms with Crippen LogP contribution in [-0.4, -0.2) is 18.5 Å². The van der Waals surface area contributed by atoms with E-state index in [9.17, 15) is 4.79 Å². The first kappa shape index (κ1) is 14.0. The molecular weight excluding hydrogens is 226 g/mol. The van der Waals surface area contributed by atoms with Crippen molar-refractivity contribution in [2.45, 2.75) is 33.2 Å². The van der Waals surface area contributed by atoms with Crippen molar-refractivity contribution in [2.75, 3.05) is 11.9 Å². The Morgan fingerprint density at radius 2 is 2.17 bits per heavy atom. The molecule has 0 aromatic heterocycles. The van der Waals surface area contributed by atoms with Crippen LogP contribution in [0.2, 0.25) is 0 Å². The van der Waals surface area contributed by atoms with Gasteiger partial charge in [-0.05, 0) is 44.5 Å². The Labute approximate surface area is 108 Å². The van der Waals surface area contributed by atoms with Crippen molar-refractivity contribution >= 4 is 11.6 Å². The second-order valence-corrected chi connectivity index (χ2v) is 4.54. The summed E-state index contributed by atoms with van der Waals surface area (Å²) in [5.74, 6) is 0.0443. The SMILES string of the molecule is Cc1cc(NCCC(=O)NC(C)C)ccc1C#N. The second-order valence-electron chi connectivity index (χ2n) is 4.54. The predicted molar refractivity (Wildman–Crippen MR) is 72.3 cm³/mol. The highest BCUT2D eigenvalue weighted by Crippen LogP contribution is 2.14. The van der Waals surface area contributed by atoms with E-state index >= 15 is 0 Å². The second kappa shape index (κ2) is 6.65. The van der Waals surface area contributed by atoms with Crippen LogP contribution in [0.3, 0.4) is 0 Å². The monoisotopic (exact) mass is 245 g/mol. The summed E-state index contributed by atoms with van der Waals surface area (Å²) in [6.45, 7) is 6.36. The summed E-state index contributed by atoms with van der Waals surface area (Å²) in [5, 5.41) is 14.8. The van der Waals surface area contributed by atoms with Gasteiger partial charge in [-0.2, -0.15) is 5.26 Å². The van der Waals surface area contributed by atoms with E-state index in [-0.39, 0.29) is 11.9 Å². The van der Waals surface area contributed by atoms with Crippen LogP contribution in [0, 0.1) is 18.3 Å². The molecule has 0 heterocycles. The first-order valence-corrected chi connectivity index (χ1v) is 6.07. The number of hydrogen-bond donors (Lipinski definition) is 2. The maximum absolute atomic E-state index is 11.4. The summed E-state index contributed by atoms with van der Waals surface area (Å²) >= 11 is 0. The molecule has 0 unspecified atom stereocenters. The highest BCUT2D eigenvalue weighted by molar-refractivity contribution is 5.76. The Balaban J connectivity index is 2.43. The van der Waals surface area contributed by atoms with Crippen LogP contribution >= 0.6 is 0 Å². The number of amides is 1. The molecule has 0 atom stereocenters. The molecule has 0 bridgehead atoms. The zero-order chi connectivity index (χ0) is 13.5. The van der Waals surface area contributed by atoms with E-state index in [4.69, 9.17) is 5.26 Å². The van der Waals surface area contributed by atoms with Gasteiger partial charge in [0, 0.05) is 24.7 Å². The van der Waals surface area contributed by atoms with E-state index in [2.05, 4.69) is 16.7 Å². The lowest BCUT2D eigenvalue weighted by Gasteiger charge is -2.10. The maximum atomic E-state index is 11.4. The number of rotatable bonds is 5. The Kier molecular flexibility index (Phi) is 5.19. The van der Waals surface area contributed by atoms with Gasteiger partial charge in [0.25, 0.3) is 0 Å². The van der Waals surface area contributed by atoms with Gasteiger partial charge in [-0.25, -0.2) is 0 Å². The normalized spacial score (nSPS) is 9.94. The van der Waals surface area contributed by atoms with Crippen LogP contribution in [0.25, 0.3) is 0 Å². The Morgan fingerprint density at radius 3 is 2.72 bits per heavy atom. The van der Waals surface area contributed by atoms with Crippen LogP contribution < -0.4 is 10.6 Å². The smallest absolute Gasteiger partial charge is 0.221 e. The fourth-order valence-corrected chi connectivity index (χ4v) is 1.61. The molecule has 0 fully saturated rings. The van der Waals surface area contributed by atoms with Crippen LogP contribution in [0.5, 0.6) is 0 Å². The molecule has 0 aliphatic heterocycles. The van der Waals surface area contributed by atoms with Gasteiger partial charge in [0.1, 0.15) is 0 Å². The fraction of sp³-hybridized carbons (Fsp3) is 0.429. The van der Waals surface area contributed by atoms with Gasteiger partial charge in [-0.1, -0.05) is 0 Å². The minimum Gasteiger partial charge on any atom is -0.385 e. The molecule has 4 nitrogen and oxygen atoms in total. The van der Waals surface area contributed by atoms with Gasteiger partial charge in [0.05, 0.1) is 11.6 Å². The third kappa shape index (κ3) is 4.46. The third-order valence-electron chi connectivity index (χ3n) is 2.48. The van der Waals surface area contributed by atoms with E-state index < -0.39 is 0 Å². The van der Waals surface area contributed by atoms with E-state index in [0.29, 0.717) is 18.5 Å². The number of benzene rings is 1. The molecule has 0 saturated carbocycles. The van der Waals surface area contributed by atoms with Crippen LogP contribution in [0.4, 0.5) is 5.69 Å². The van der Waals surface area contributed by atoms with Gasteiger partial charge in [-0.15, -0.1) is 0 Å². The number of carbonyl (C=O) groups is 1. The van der Waals surface area contributed by atoms with Gasteiger partial charge >= 0.3 is 0 Å². The quantitative estimate of drug-likeness (QED) is 0.835. The molecule has 0 aliphatic rings. The molecule has 0 spiro atoms. The minimum absolute atomic E-state index is 0.0443. The molecular formula is C14H19N3O. The first-order chi connectivity index (χ1) is 8.52. The largest absolute Gasteiger partial charge is 0.385 e. The summed E-state index contributed by atoms with van der Waals surface area (Å²) in [6, 6.07) is 7.85. The average molecular weight is 245 g/mol. The summed E-state index contributed by atoms with van der Waals surface area (Å²) in [6.07, 6.45) is 0.442. The van der Waals surface area contributed by atoms with Crippen molar-refractivity contribution in [1.82, 2.24) is 5.32 Å². The highest BCUT2D eigenvalue weighted by Gasteiger charge is 2.03.